The van der Waals surface area contributed by atoms with Gasteiger partial charge in [-0.25, -0.2) is 4.98 Å². The van der Waals surface area contributed by atoms with Crippen LogP contribution in [0.25, 0.3) is 0 Å². The highest BCUT2D eigenvalue weighted by Crippen LogP contribution is 2.21. The molecule has 0 atom stereocenters. The minimum atomic E-state index is 0.668. The summed E-state index contributed by atoms with van der Waals surface area (Å²) < 4.78 is 5.25. The zero-order valence-corrected chi connectivity index (χ0v) is 8.73. The lowest BCUT2D eigenvalue weighted by Crippen LogP contribution is -2.29. The lowest BCUT2D eigenvalue weighted by molar-refractivity contribution is 0.530. The average Bonchev–Trinajstić information content (AvgIpc) is 2.71. The van der Waals surface area contributed by atoms with Gasteiger partial charge in [-0.1, -0.05) is 25.5 Å². The summed E-state index contributed by atoms with van der Waals surface area (Å²) in [6.45, 7) is 6.43. The van der Waals surface area contributed by atoms with Crippen LogP contribution in [0.2, 0.25) is 0 Å². The summed E-state index contributed by atoms with van der Waals surface area (Å²) in [4.78, 5) is 6.30. The molecule has 0 N–H and O–H groups in total. The third-order valence-corrected chi connectivity index (χ3v) is 2.68. The van der Waals surface area contributed by atoms with Crippen molar-refractivity contribution in [3.8, 4) is 0 Å². The van der Waals surface area contributed by atoms with Crippen molar-refractivity contribution >= 4 is 6.01 Å². The van der Waals surface area contributed by atoms with Crippen molar-refractivity contribution in [2.75, 3.05) is 18.0 Å². The van der Waals surface area contributed by atoms with E-state index in [0.29, 0.717) is 5.92 Å². The van der Waals surface area contributed by atoms with Gasteiger partial charge in [0.2, 0.25) is 0 Å². The van der Waals surface area contributed by atoms with Gasteiger partial charge in [0.25, 0.3) is 6.01 Å². The highest BCUT2D eigenvalue weighted by Gasteiger charge is 2.16. The fourth-order valence-electron chi connectivity index (χ4n) is 1.76. The van der Waals surface area contributed by atoms with Gasteiger partial charge >= 0.3 is 0 Å². The average molecular weight is 192 g/mol. The monoisotopic (exact) mass is 192 g/mol. The Morgan fingerprint density at radius 2 is 2.36 bits per heavy atom. The van der Waals surface area contributed by atoms with Crippen LogP contribution in [0.4, 0.5) is 6.01 Å². The van der Waals surface area contributed by atoms with Crippen molar-refractivity contribution in [1.82, 2.24) is 4.98 Å². The standard InChI is InChI=1S/C11H16N2O/c1-9(2)10-3-6-13(7-4-10)11-12-5-8-14-11/h3,5,8-9H,4,6-7H2,1-2H3. The van der Waals surface area contributed by atoms with E-state index < -0.39 is 0 Å². The third kappa shape index (κ3) is 1.81. The van der Waals surface area contributed by atoms with Gasteiger partial charge in [-0.05, 0) is 12.3 Å². The minimum absolute atomic E-state index is 0.668. The maximum absolute atomic E-state index is 5.25. The van der Waals surface area contributed by atoms with E-state index in [0.717, 1.165) is 25.5 Å². The smallest absolute Gasteiger partial charge is 0.297 e. The fourth-order valence-corrected chi connectivity index (χ4v) is 1.76. The summed E-state index contributed by atoms with van der Waals surface area (Å²) in [5, 5.41) is 0. The Morgan fingerprint density at radius 3 is 2.86 bits per heavy atom. The second kappa shape index (κ2) is 3.86. The largest absolute Gasteiger partial charge is 0.432 e. The number of hydrogen-bond donors (Lipinski definition) is 0. The van der Waals surface area contributed by atoms with Crippen LogP contribution in [0.5, 0.6) is 0 Å². The molecule has 0 aliphatic carbocycles. The Morgan fingerprint density at radius 1 is 1.50 bits per heavy atom. The first kappa shape index (κ1) is 9.31. The number of anilines is 1. The van der Waals surface area contributed by atoms with E-state index in [2.05, 4.69) is 29.8 Å². The molecule has 1 aliphatic rings. The normalized spacial score (nSPS) is 17.4. The molecule has 0 unspecified atom stereocenters. The summed E-state index contributed by atoms with van der Waals surface area (Å²) in [5.41, 5.74) is 1.55. The fraction of sp³-hybridized carbons (Fsp3) is 0.545. The van der Waals surface area contributed by atoms with Crippen LogP contribution in [-0.2, 0) is 0 Å². The molecule has 2 rings (SSSR count). The molecule has 3 heteroatoms. The molecule has 1 aromatic heterocycles. The summed E-state index contributed by atoms with van der Waals surface area (Å²) in [5.74, 6) is 0.668. The number of rotatable bonds is 2. The van der Waals surface area contributed by atoms with Crippen LogP contribution in [0.3, 0.4) is 0 Å². The second-order valence-corrected chi connectivity index (χ2v) is 3.94. The summed E-state index contributed by atoms with van der Waals surface area (Å²) >= 11 is 0. The van der Waals surface area contributed by atoms with E-state index in [4.69, 9.17) is 4.42 Å². The highest BCUT2D eigenvalue weighted by molar-refractivity contribution is 5.31. The molecule has 14 heavy (non-hydrogen) atoms. The lowest BCUT2D eigenvalue weighted by Gasteiger charge is -2.26. The second-order valence-electron chi connectivity index (χ2n) is 3.94. The van der Waals surface area contributed by atoms with E-state index >= 15 is 0 Å². The first-order valence-electron chi connectivity index (χ1n) is 5.10. The zero-order valence-electron chi connectivity index (χ0n) is 8.73. The molecule has 0 saturated heterocycles. The van der Waals surface area contributed by atoms with Crippen molar-refractivity contribution in [3.05, 3.63) is 24.1 Å². The van der Waals surface area contributed by atoms with Crippen molar-refractivity contribution in [1.29, 1.82) is 0 Å². The molecular weight excluding hydrogens is 176 g/mol. The number of oxazole rings is 1. The summed E-state index contributed by atoms with van der Waals surface area (Å²) in [6.07, 6.45) is 6.73. The molecule has 0 spiro atoms. The SMILES string of the molecule is CC(C)C1=CCN(c2ncco2)CC1. The predicted molar refractivity (Wildman–Crippen MR) is 56.3 cm³/mol. The third-order valence-electron chi connectivity index (χ3n) is 2.68. The van der Waals surface area contributed by atoms with E-state index in [1.165, 1.54) is 0 Å². The lowest BCUT2D eigenvalue weighted by atomic mass is 9.97. The molecule has 76 valence electrons. The molecule has 0 fully saturated rings. The van der Waals surface area contributed by atoms with Gasteiger partial charge in [0.1, 0.15) is 6.26 Å². The van der Waals surface area contributed by atoms with Crippen LogP contribution in [0.1, 0.15) is 20.3 Å². The van der Waals surface area contributed by atoms with Crippen LogP contribution in [0, 0.1) is 5.92 Å². The summed E-state index contributed by atoms with van der Waals surface area (Å²) in [6, 6.07) is 0.740. The molecule has 0 saturated carbocycles. The first-order valence-corrected chi connectivity index (χ1v) is 5.10. The molecule has 0 bridgehead atoms. The van der Waals surface area contributed by atoms with Gasteiger partial charge in [-0.3, -0.25) is 0 Å². The summed E-state index contributed by atoms with van der Waals surface area (Å²) in [7, 11) is 0. The van der Waals surface area contributed by atoms with Gasteiger partial charge in [0, 0.05) is 13.1 Å². The van der Waals surface area contributed by atoms with Crippen molar-refractivity contribution in [2.24, 2.45) is 5.92 Å². The molecule has 0 amide bonds. The van der Waals surface area contributed by atoms with E-state index in [9.17, 15) is 0 Å². The Balaban J connectivity index is 2.03. The van der Waals surface area contributed by atoms with Gasteiger partial charge < -0.3 is 9.32 Å². The van der Waals surface area contributed by atoms with Crippen LogP contribution in [-0.4, -0.2) is 18.1 Å². The molecule has 0 radical (unpaired) electrons. The quantitative estimate of drug-likeness (QED) is 0.674. The van der Waals surface area contributed by atoms with Crippen LogP contribution in [0.15, 0.2) is 28.5 Å². The van der Waals surface area contributed by atoms with Gasteiger partial charge in [-0.2, -0.15) is 0 Å². The van der Waals surface area contributed by atoms with Crippen LogP contribution < -0.4 is 4.90 Å². The van der Waals surface area contributed by atoms with E-state index in [-0.39, 0.29) is 0 Å². The zero-order chi connectivity index (χ0) is 9.97. The van der Waals surface area contributed by atoms with Gasteiger partial charge in [-0.15, -0.1) is 0 Å². The topological polar surface area (TPSA) is 29.3 Å². The van der Waals surface area contributed by atoms with Crippen molar-refractivity contribution in [3.63, 3.8) is 0 Å². The van der Waals surface area contributed by atoms with Crippen LogP contribution >= 0.6 is 0 Å². The predicted octanol–water partition coefficient (Wildman–Crippen LogP) is 2.47. The molecule has 0 aromatic carbocycles. The first-order chi connectivity index (χ1) is 6.77. The maximum atomic E-state index is 5.25. The molecule has 1 aromatic rings. The molecule has 2 heterocycles. The number of nitrogens with zero attached hydrogens (tertiary/aromatic N) is 2. The number of aromatic nitrogens is 1. The number of hydrogen-bond acceptors (Lipinski definition) is 3. The molecular formula is C11H16N2O. The molecule has 3 nitrogen and oxygen atoms in total. The maximum Gasteiger partial charge on any atom is 0.297 e. The van der Waals surface area contributed by atoms with Gasteiger partial charge in [0.05, 0.1) is 6.20 Å². The Labute approximate surface area is 84.4 Å². The Hall–Kier alpha value is -1.25. The van der Waals surface area contributed by atoms with Crippen molar-refractivity contribution < 1.29 is 4.42 Å². The van der Waals surface area contributed by atoms with Crippen molar-refractivity contribution in [2.45, 2.75) is 20.3 Å². The minimum Gasteiger partial charge on any atom is -0.432 e. The Kier molecular flexibility index (Phi) is 2.57. The Bertz CT molecular complexity index is 314. The van der Waals surface area contributed by atoms with E-state index in [1.54, 1.807) is 18.0 Å². The highest BCUT2D eigenvalue weighted by atomic mass is 16.4. The van der Waals surface area contributed by atoms with Gasteiger partial charge in [0.15, 0.2) is 0 Å². The van der Waals surface area contributed by atoms with E-state index in [1.807, 2.05) is 0 Å². The molecule has 1 aliphatic heterocycles.